The van der Waals surface area contributed by atoms with E-state index in [1.54, 1.807) is 67.8 Å². The van der Waals surface area contributed by atoms with Gasteiger partial charge in [0.15, 0.2) is 18.1 Å². The van der Waals surface area contributed by atoms with Crippen LogP contribution < -0.4 is 19.5 Å². The molecule has 1 aliphatic rings. The van der Waals surface area contributed by atoms with Gasteiger partial charge in [-0.05, 0) is 87.9 Å². The highest BCUT2D eigenvalue weighted by molar-refractivity contribution is 9.10. The largest absolute Gasteiger partial charge is 0.493 e. The van der Waals surface area contributed by atoms with Gasteiger partial charge >= 0.3 is 0 Å². The summed E-state index contributed by atoms with van der Waals surface area (Å²) >= 11 is 10.2. The van der Waals surface area contributed by atoms with Crippen LogP contribution in [0.2, 0.25) is 5.02 Å². The summed E-state index contributed by atoms with van der Waals surface area (Å²) in [5.74, 6) is 0.842. The Balaban J connectivity index is 1.32. The molecule has 0 saturated carbocycles. The van der Waals surface area contributed by atoms with Gasteiger partial charge in [-0.2, -0.15) is 0 Å². The standard InChI is InChI=1S/C27H22BrClN2O6S/c1-35-22-4-2-3-5-23(22)36-13-12-31-26(33)24(38-27(31)34)15-17-6-11-21(20(28)14-17)37-16-25(32)30-19-9-7-18(29)8-10-19/h2-11,14-15H,12-13,16H2,1H3,(H,30,32)/b24-15-. The van der Waals surface area contributed by atoms with Gasteiger partial charge in [0.1, 0.15) is 12.4 Å². The highest BCUT2D eigenvalue weighted by atomic mass is 79.9. The molecule has 0 bridgehead atoms. The minimum absolute atomic E-state index is 0.106. The van der Waals surface area contributed by atoms with E-state index in [0.717, 1.165) is 16.7 Å². The summed E-state index contributed by atoms with van der Waals surface area (Å²) in [6.07, 6.45) is 1.63. The van der Waals surface area contributed by atoms with Crippen LogP contribution in [0.3, 0.4) is 0 Å². The Morgan fingerprint density at radius 2 is 1.76 bits per heavy atom. The van der Waals surface area contributed by atoms with Crippen molar-refractivity contribution in [3.05, 3.63) is 86.7 Å². The minimum atomic E-state index is -0.390. The number of imide groups is 1. The summed E-state index contributed by atoms with van der Waals surface area (Å²) in [6.45, 7) is 0.0415. The summed E-state index contributed by atoms with van der Waals surface area (Å²) in [4.78, 5) is 38.9. The summed E-state index contributed by atoms with van der Waals surface area (Å²) in [7, 11) is 1.54. The van der Waals surface area contributed by atoms with Crippen molar-refractivity contribution in [3.63, 3.8) is 0 Å². The van der Waals surface area contributed by atoms with E-state index in [-0.39, 0.29) is 36.8 Å². The van der Waals surface area contributed by atoms with Gasteiger partial charge in [-0.1, -0.05) is 29.8 Å². The van der Waals surface area contributed by atoms with Crippen LogP contribution in [0, 0.1) is 0 Å². The highest BCUT2D eigenvalue weighted by Crippen LogP contribution is 2.34. The number of para-hydroxylation sites is 2. The van der Waals surface area contributed by atoms with Gasteiger partial charge in [-0.15, -0.1) is 0 Å². The van der Waals surface area contributed by atoms with Crippen molar-refractivity contribution in [2.24, 2.45) is 0 Å². The number of amides is 3. The van der Waals surface area contributed by atoms with Gasteiger partial charge in [-0.3, -0.25) is 19.3 Å². The molecule has 1 N–H and O–H groups in total. The Bertz CT molecular complexity index is 1380. The molecule has 38 heavy (non-hydrogen) atoms. The number of carbonyl (C=O) groups excluding carboxylic acids is 3. The number of halogens is 2. The van der Waals surface area contributed by atoms with Crippen LogP contribution in [-0.2, 0) is 9.59 Å². The number of ether oxygens (including phenoxy) is 3. The Morgan fingerprint density at radius 3 is 2.47 bits per heavy atom. The Hall–Kier alpha value is -3.47. The van der Waals surface area contributed by atoms with Crippen LogP contribution in [0.25, 0.3) is 6.08 Å². The molecule has 3 aromatic rings. The van der Waals surface area contributed by atoms with Crippen molar-refractivity contribution >= 4 is 68.1 Å². The van der Waals surface area contributed by atoms with E-state index < -0.39 is 0 Å². The summed E-state index contributed by atoms with van der Waals surface area (Å²) in [5.41, 5.74) is 1.29. The lowest BCUT2D eigenvalue weighted by Crippen LogP contribution is -2.32. The number of methoxy groups -OCH3 is 1. The number of hydrogen-bond acceptors (Lipinski definition) is 7. The lowest BCUT2D eigenvalue weighted by atomic mass is 10.2. The lowest BCUT2D eigenvalue weighted by Gasteiger charge is -2.14. The molecule has 1 saturated heterocycles. The smallest absolute Gasteiger partial charge is 0.293 e. The zero-order valence-corrected chi connectivity index (χ0v) is 23.3. The molecule has 0 unspecified atom stereocenters. The predicted molar refractivity (Wildman–Crippen MR) is 151 cm³/mol. The highest BCUT2D eigenvalue weighted by Gasteiger charge is 2.34. The van der Waals surface area contributed by atoms with E-state index in [4.69, 9.17) is 25.8 Å². The molecule has 3 amide bonds. The number of anilines is 1. The van der Waals surface area contributed by atoms with Crippen LogP contribution in [0.1, 0.15) is 5.56 Å². The van der Waals surface area contributed by atoms with E-state index >= 15 is 0 Å². The third kappa shape index (κ3) is 7.09. The number of rotatable bonds is 10. The van der Waals surface area contributed by atoms with Crippen LogP contribution >= 0.6 is 39.3 Å². The molecular formula is C27H22BrClN2O6S. The minimum Gasteiger partial charge on any atom is -0.493 e. The zero-order chi connectivity index (χ0) is 27.1. The molecule has 3 aromatic carbocycles. The maximum absolute atomic E-state index is 12.8. The predicted octanol–water partition coefficient (Wildman–Crippen LogP) is 6.24. The maximum atomic E-state index is 12.8. The van der Waals surface area contributed by atoms with Gasteiger partial charge in [0, 0.05) is 10.7 Å². The van der Waals surface area contributed by atoms with Crippen molar-refractivity contribution in [2.45, 2.75) is 0 Å². The number of hydrogen-bond donors (Lipinski definition) is 1. The van der Waals surface area contributed by atoms with Crippen LogP contribution in [0.5, 0.6) is 17.2 Å². The Morgan fingerprint density at radius 1 is 1.03 bits per heavy atom. The van der Waals surface area contributed by atoms with Gasteiger partial charge in [-0.25, -0.2) is 0 Å². The number of nitrogens with zero attached hydrogens (tertiary/aromatic N) is 1. The van der Waals surface area contributed by atoms with Crippen molar-refractivity contribution in [1.29, 1.82) is 0 Å². The van der Waals surface area contributed by atoms with E-state index in [1.165, 1.54) is 0 Å². The molecule has 1 aliphatic heterocycles. The monoisotopic (exact) mass is 616 g/mol. The third-order valence-corrected chi connectivity index (χ3v) is 7.03. The quantitative estimate of drug-likeness (QED) is 0.269. The molecule has 1 heterocycles. The van der Waals surface area contributed by atoms with Gasteiger partial charge in [0.25, 0.3) is 17.1 Å². The first-order valence-corrected chi connectivity index (χ1v) is 13.3. The van der Waals surface area contributed by atoms with Crippen molar-refractivity contribution < 1.29 is 28.6 Å². The Labute approximate surface area is 237 Å². The SMILES string of the molecule is COc1ccccc1OCCN1C(=O)S/C(=C\c2ccc(OCC(=O)Nc3ccc(Cl)cc3)c(Br)c2)C1=O. The average molecular weight is 618 g/mol. The fourth-order valence-corrected chi connectivity index (χ4v) is 4.93. The fourth-order valence-electron chi connectivity index (χ4n) is 3.43. The average Bonchev–Trinajstić information content (AvgIpc) is 3.17. The van der Waals surface area contributed by atoms with Gasteiger partial charge in [0.05, 0.1) is 23.0 Å². The number of thioether (sulfide) groups is 1. The molecule has 196 valence electrons. The summed E-state index contributed by atoms with van der Waals surface area (Å²) < 4.78 is 17.1. The zero-order valence-electron chi connectivity index (χ0n) is 20.1. The first-order chi connectivity index (χ1) is 18.3. The third-order valence-electron chi connectivity index (χ3n) is 5.26. The summed E-state index contributed by atoms with van der Waals surface area (Å²) in [5, 5.41) is 2.93. The lowest BCUT2D eigenvalue weighted by molar-refractivity contribution is -0.123. The van der Waals surface area contributed by atoms with E-state index in [0.29, 0.717) is 42.9 Å². The normalized spacial score (nSPS) is 14.1. The molecule has 0 radical (unpaired) electrons. The van der Waals surface area contributed by atoms with Gasteiger partial charge in [0.2, 0.25) is 0 Å². The molecule has 0 spiro atoms. The van der Waals surface area contributed by atoms with E-state index in [2.05, 4.69) is 21.2 Å². The topological polar surface area (TPSA) is 94.2 Å². The second-order valence-corrected chi connectivity index (χ2v) is 10.2. The fraction of sp³-hybridized carbons (Fsp3) is 0.148. The first-order valence-electron chi connectivity index (χ1n) is 11.3. The maximum Gasteiger partial charge on any atom is 0.293 e. The van der Waals surface area contributed by atoms with E-state index in [1.807, 2.05) is 12.1 Å². The molecule has 8 nitrogen and oxygen atoms in total. The molecule has 0 aliphatic carbocycles. The van der Waals surface area contributed by atoms with Crippen LogP contribution in [-0.4, -0.2) is 48.8 Å². The molecule has 1 fully saturated rings. The van der Waals surface area contributed by atoms with Crippen molar-refractivity contribution in [3.8, 4) is 17.2 Å². The van der Waals surface area contributed by atoms with Crippen molar-refractivity contribution in [1.82, 2.24) is 4.90 Å². The number of nitrogens with one attached hydrogen (secondary N) is 1. The molecule has 4 rings (SSSR count). The first kappa shape index (κ1) is 27.6. The van der Waals surface area contributed by atoms with E-state index in [9.17, 15) is 14.4 Å². The second-order valence-electron chi connectivity index (χ2n) is 7.87. The molecule has 0 aromatic heterocycles. The Kier molecular flexibility index (Phi) is 9.33. The number of carbonyl (C=O) groups is 3. The van der Waals surface area contributed by atoms with Crippen LogP contribution in [0.4, 0.5) is 10.5 Å². The number of benzene rings is 3. The van der Waals surface area contributed by atoms with Crippen LogP contribution in [0.15, 0.2) is 76.1 Å². The summed E-state index contributed by atoms with van der Waals surface area (Å²) in [6, 6.07) is 19.1. The second kappa shape index (κ2) is 12.9. The molecular weight excluding hydrogens is 596 g/mol. The van der Waals surface area contributed by atoms with Gasteiger partial charge < -0.3 is 19.5 Å². The van der Waals surface area contributed by atoms with Crippen molar-refractivity contribution in [2.75, 3.05) is 32.2 Å². The molecule has 11 heteroatoms. The molecule has 0 atom stereocenters.